The Kier molecular flexibility index (Phi) is 15.9. The van der Waals surface area contributed by atoms with E-state index < -0.39 is 63.0 Å². The normalized spacial score (nSPS) is 17.9. The van der Waals surface area contributed by atoms with Gasteiger partial charge in [0.15, 0.2) is 17.4 Å². The number of rotatable bonds is 10. The zero-order valence-corrected chi connectivity index (χ0v) is 42.1. The van der Waals surface area contributed by atoms with Crippen LogP contribution in [0.25, 0.3) is 32.7 Å². The van der Waals surface area contributed by atoms with Crippen LogP contribution in [0.15, 0.2) is 57.2 Å². The predicted molar refractivity (Wildman–Crippen MR) is 276 cm³/mol. The summed E-state index contributed by atoms with van der Waals surface area (Å²) in [5.41, 5.74) is -1.86. The SMILES string of the molecule is CCn1cc(C(=O)O)c(=O)c2cc(F)c(N3CCNC(C)C3)c(F)c21.CCn1cc(C(=O)O)c(=O)c2cc(F)c(N3CCNCC3)cc21.COc1c(N2CCNC(C)C2)c(F)cc2c(=O)c(C(=O)O)cn(C3CC3)c12. The number of hydrogen-bond donors (Lipinski definition) is 6. The fraction of sp³-hybridized carbons (Fsp3) is 0.423. The van der Waals surface area contributed by atoms with Crippen molar-refractivity contribution in [1.82, 2.24) is 29.7 Å². The van der Waals surface area contributed by atoms with Gasteiger partial charge in [0.05, 0.1) is 40.1 Å². The average Bonchev–Trinajstić information content (AvgIpc) is 4.23. The quantitative estimate of drug-likeness (QED) is 0.0987. The summed E-state index contributed by atoms with van der Waals surface area (Å²) < 4.78 is 69.8. The third-order valence-corrected chi connectivity index (χ3v) is 13.9. The van der Waals surface area contributed by atoms with Crippen molar-refractivity contribution in [1.29, 1.82) is 0 Å². The second-order valence-corrected chi connectivity index (χ2v) is 19.0. The number of aromatic carboxylic acids is 3. The van der Waals surface area contributed by atoms with Crippen LogP contribution < -0.4 is 51.7 Å². The lowest BCUT2D eigenvalue weighted by Gasteiger charge is -2.35. The van der Waals surface area contributed by atoms with Gasteiger partial charge in [0.2, 0.25) is 16.3 Å². The van der Waals surface area contributed by atoms with E-state index in [1.165, 1.54) is 24.1 Å². The number of hydrogen-bond acceptors (Lipinski definition) is 13. The highest BCUT2D eigenvalue weighted by Crippen LogP contribution is 2.44. The second kappa shape index (κ2) is 22.1. The van der Waals surface area contributed by atoms with E-state index in [9.17, 15) is 42.7 Å². The molecule has 3 aromatic heterocycles. The summed E-state index contributed by atoms with van der Waals surface area (Å²) in [4.78, 5) is 76.7. The molecule has 0 spiro atoms. The van der Waals surface area contributed by atoms with Gasteiger partial charge in [-0.1, -0.05) is 0 Å². The Balaban J connectivity index is 0.000000150. The number of carbonyl (C=O) groups is 3. The monoisotopic (exact) mass is 1050 g/mol. The van der Waals surface area contributed by atoms with E-state index in [1.807, 2.05) is 30.6 Å². The van der Waals surface area contributed by atoms with Crippen LogP contribution in [0.4, 0.5) is 34.6 Å². The summed E-state index contributed by atoms with van der Waals surface area (Å²) in [6, 6.07) is 5.28. The van der Waals surface area contributed by atoms with Crippen LogP contribution in [-0.2, 0) is 13.1 Å². The number of ether oxygens (including phenoxy) is 1. The van der Waals surface area contributed by atoms with Crippen LogP contribution in [-0.4, -0.2) is 132 Å². The number of benzene rings is 3. The van der Waals surface area contributed by atoms with Crippen molar-refractivity contribution in [3.63, 3.8) is 0 Å². The first-order valence-corrected chi connectivity index (χ1v) is 24.8. The van der Waals surface area contributed by atoms with E-state index in [0.717, 1.165) is 56.9 Å². The largest absolute Gasteiger partial charge is 0.492 e. The topological polar surface area (TPSA) is 233 Å². The van der Waals surface area contributed by atoms with Crippen molar-refractivity contribution in [2.75, 3.05) is 87.3 Å². The van der Waals surface area contributed by atoms with Gasteiger partial charge in [-0.15, -0.1) is 0 Å². The molecule has 1 aliphatic carbocycles. The molecule has 3 saturated heterocycles. The standard InChI is InChI=1S/C19H22FN3O4.C17H19F2N3O3.C16H18FN3O3/c1-10-8-22(6-5-21-10)16-14(20)7-12-15(18(16)27-2)23(11-3-4-11)9-13(17(12)24)19(25)26;1-3-21-8-11(17(24)25)16(23)10-6-12(18)15(13(19)14(10)21)22-5-4-20-9(2)7-22;1-2-19-9-11(16(22)23)15(21)10-7-12(17)14(8-13(10)19)20-5-3-18-4-6-20/h7,9-11,21H,3-6,8H2,1-2H3,(H,25,26);6,8-9,20H,3-5,7H2,1-2H3,(H,24,25);7-9,18H,2-6H2,1H3,(H,22,23). The lowest BCUT2D eigenvalue weighted by Crippen LogP contribution is -2.49. The molecule has 400 valence electrons. The van der Waals surface area contributed by atoms with Crippen molar-refractivity contribution < 1.29 is 52.0 Å². The number of methoxy groups -OCH3 is 1. The fourth-order valence-electron chi connectivity index (χ4n) is 10.1. The number of anilines is 3. The van der Waals surface area contributed by atoms with Gasteiger partial charge >= 0.3 is 17.9 Å². The number of piperazine rings is 3. The van der Waals surface area contributed by atoms with Gasteiger partial charge in [-0.25, -0.2) is 31.9 Å². The number of halogens is 4. The van der Waals surface area contributed by atoms with Crippen molar-refractivity contribution in [3.8, 4) is 5.75 Å². The van der Waals surface area contributed by atoms with Crippen molar-refractivity contribution in [2.24, 2.45) is 0 Å². The van der Waals surface area contributed by atoms with E-state index in [4.69, 9.17) is 14.9 Å². The maximum Gasteiger partial charge on any atom is 0.341 e. The Morgan fingerprint density at radius 2 is 1.08 bits per heavy atom. The molecule has 0 radical (unpaired) electrons. The smallest absolute Gasteiger partial charge is 0.341 e. The Bertz CT molecular complexity index is 3430. The van der Waals surface area contributed by atoms with Crippen LogP contribution in [0, 0.1) is 23.3 Å². The van der Waals surface area contributed by atoms with E-state index in [2.05, 4.69) is 16.0 Å². The molecular weight excluding hydrogens is 987 g/mol. The average molecular weight is 1050 g/mol. The number of carboxylic acid groups (broad SMARTS) is 3. The third kappa shape index (κ3) is 10.6. The van der Waals surface area contributed by atoms with Crippen molar-refractivity contribution >= 4 is 67.7 Å². The van der Waals surface area contributed by atoms with Crippen LogP contribution in [0.5, 0.6) is 5.75 Å². The molecule has 10 rings (SSSR count). The summed E-state index contributed by atoms with van der Waals surface area (Å²) in [6.45, 7) is 14.6. The van der Waals surface area contributed by atoms with Gasteiger partial charge < -0.3 is 64.4 Å². The van der Waals surface area contributed by atoms with Crippen molar-refractivity contribution in [2.45, 2.75) is 71.8 Å². The van der Waals surface area contributed by atoms with Gasteiger partial charge in [-0.3, -0.25) is 14.4 Å². The molecular formula is C52H59F4N9O10. The molecule has 23 heteroatoms. The number of aryl methyl sites for hydroxylation is 2. The van der Waals surface area contributed by atoms with Gasteiger partial charge in [0.1, 0.15) is 39.7 Å². The Morgan fingerprint density at radius 1 is 0.613 bits per heavy atom. The molecule has 2 atom stereocenters. The molecule has 19 nitrogen and oxygen atoms in total. The lowest BCUT2D eigenvalue weighted by molar-refractivity contribution is 0.0684. The molecule has 75 heavy (non-hydrogen) atoms. The maximum absolute atomic E-state index is 15.2. The highest BCUT2D eigenvalue weighted by atomic mass is 19.1. The molecule has 4 fully saturated rings. The zero-order valence-electron chi connectivity index (χ0n) is 42.1. The summed E-state index contributed by atoms with van der Waals surface area (Å²) in [5.74, 6) is -6.50. The number of carboxylic acids is 3. The molecule has 3 aromatic carbocycles. The first kappa shape index (κ1) is 53.8. The van der Waals surface area contributed by atoms with Gasteiger partial charge in [-0.05, 0) is 64.8 Å². The molecule has 0 bridgehead atoms. The summed E-state index contributed by atoms with van der Waals surface area (Å²) in [7, 11) is 1.45. The van der Waals surface area contributed by atoms with E-state index in [-0.39, 0.29) is 63.2 Å². The van der Waals surface area contributed by atoms with Gasteiger partial charge in [0, 0.05) is 121 Å². The number of aromatic nitrogens is 3. The fourth-order valence-corrected chi connectivity index (χ4v) is 10.1. The number of pyridine rings is 3. The highest BCUT2D eigenvalue weighted by Gasteiger charge is 2.33. The number of nitrogens with zero attached hydrogens (tertiary/aromatic N) is 6. The summed E-state index contributed by atoms with van der Waals surface area (Å²) >= 11 is 0. The second-order valence-electron chi connectivity index (χ2n) is 19.0. The van der Waals surface area contributed by atoms with Crippen LogP contribution >= 0.6 is 0 Å². The van der Waals surface area contributed by atoms with Gasteiger partial charge in [-0.2, -0.15) is 0 Å². The minimum absolute atomic E-state index is 0.0445. The molecule has 6 aromatic rings. The molecule has 1 saturated carbocycles. The molecule has 0 amide bonds. The third-order valence-electron chi connectivity index (χ3n) is 13.9. The highest BCUT2D eigenvalue weighted by molar-refractivity contribution is 5.98. The Labute approximate surface area is 426 Å². The lowest BCUT2D eigenvalue weighted by atomic mass is 10.1. The maximum atomic E-state index is 15.2. The molecule has 4 aliphatic rings. The zero-order chi connectivity index (χ0) is 54.2. The molecule has 2 unspecified atom stereocenters. The first-order valence-electron chi connectivity index (χ1n) is 24.8. The van der Waals surface area contributed by atoms with Crippen LogP contribution in [0.1, 0.15) is 77.7 Å². The molecule has 3 aliphatic heterocycles. The van der Waals surface area contributed by atoms with Gasteiger partial charge in [0.25, 0.3) is 0 Å². The Hall–Kier alpha value is -7.50. The number of nitrogens with one attached hydrogen (secondary N) is 3. The first-order chi connectivity index (χ1) is 35.8. The summed E-state index contributed by atoms with van der Waals surface area (Å²) in [6.07, 6.45) is 5.58. The molecule has 6 N–H and O–H groups in total. The van der Waals surface area contributed by atoms with E-state index >= 15 is 8.78 Å². The summed E-state index contributed by atoms with van der Waals surface area (Å²) in [5, 5.41) is 37.3. The Morgan fingerprint density at radius 3 is 1.59 bits per heavy atom. The predicted octanol–water partition coefficient (Wildman–Crippen LogP) is 5.04. The molecule has 6 heterocycles. The van der Waals surface area contributed by atoms with E-state index in [0.29, 0.717) is 80.5 Å². The van der Waals surface area contributed by atoms with Crippen molar-refractivity contribution in [3.05, 3.63) is 113 Å². The van der Waals surface area contributed by atoms with E-state index in [1.54, 1.807) is 27.0 Å². The minimum Gasteiger partial charge on any atom is -0.492 e. The van der Waals surface area contributed by atoms with Crippen LogP contribution in [0.2, 0.25) is 0 Å². The number of fused-ring (bicyclic) bond motifs is 3. The minimum atomic E-state index is -1.42. The van der Waals surface area contributed by atoms with Crippen LogP contribution in [0.3, 0.4) is 0 Å².